The zero-order valence-corrected chi connectivity index (χ0v) is 13.5. The van der Waals surface area contributed by atoms with E-state index >= 15 is 0 Å². The van der Waals surface area contributed by atoms with E-state index < -0.39 is 0 Å². The fourth-order valence-electron chi connectivity index (χ4n) is 4.08. The molecule has 0 bridgehead atoms. The van der Waals surface area contributed by atoms with E-state index in [4.69, 9.17) is 0 Å². The monoisotopic (exact) mass is 321 g/mol. The number of carbonyl (C=O) groups is 1. The lowest BCUT2D eigenvalue weighted by Gasteiger charge is -2.09. The van der Waals surface area contributed by atoms with Crippen molar-refractivity contribution in [2.75, 3.05) is 0 Å². The number of fused-ring (bicyclic) bond motifs is 3. The molecule has 0 spiro atoms. The quantitative estimate of drug-likeness (QED) is 0.389. The minimum absolute atomic E-state index is 0.124. The predicted octanol–water partition coefficient (Wildman–Crippen LogP) is 4.93. The Morgan fingerprint density at radius 1 is 1.04 bits per heavy atom. The summed E-state index contributed by atoms with van der Waals surface area (Å²) in [7, 11) is 0. The Morgan fingerprint density at radius 3 is 2.42 bits per heavy atom. The highest BCUT2D eigenvalue weighted by molar-refractivity contribution is 5.97. The van der Waals surface area contributed by atoms with Crippen LogP contribution in [0.1, 0.15) is 53.6 Å². The summed E-state index contributed by atoms with van der Waals surface area (Å²) in [5.74, 6) is 0.775. The highest BCUT2D eigenvalue weighted by atomic mass is 16.6. The van der Waals surface area contributed by atoms with Crippen LogP contribution in [0.2, 0.25) is 0 Å². The number of ketones is 1. The molecule has 122 valence electrons. The average molecular weight is 321 g/mol. The summed E-state index contributed by atoms with van der Waals surface area (Å²) in [6, 6.07) is 10.9. The Bertz CT molecular complexity index is 835. The number of non-ortho nitro benzene ring substituents is 1. The number of carbonyl (C=O) groups excluding carboxylic acids is 1. The molecule has 2 aromatic carbocycles. The summed E-state index contributed by atoms with van der Waals surface area (Å²) in [5, 5.41) is 10.9. The van der Waals surface area contributed by atoms with Crippen LogP contribution in [-0.2, 0) is 6.42 Å². The largest absolute Gasteiger partial charge is 0.294 e. The average Bonchev–Trinajstić information content (AvgIpc) is 3.20. The van der Waals surface area contributed by atoms with Gasteiger partial charge in [0.05, 0.1) is 4.92 Å². The van der Waals surface area contributed by atoms with Gasteiger partial charge in [0.2, 0.25) is 0 Å². The fourth-order valence-corrected chi connectivity index (χ4v) is 4.08. The highest BCUT2D eigenvalue weighted by Crippen LogP contribution is 2.39. The van der Waals surface area contributed by atoms with E-state index in [1.54, 1.807) is 12.1 Å². The van der Waals surface area contributed by atoms with Gasteiger partial charge in [-0.05, 0) is 46.7 Å². The number of hydrogen-bond donors (Lipinski definition) is 0. The van der Waals surface area contributed by atoms with Crippen molar-refractivity contribution in [2.45, 2.75) is 38.5 Å². The number of nitro groups is 1. The zero-order chi connectivity index (χ0) is 16.7. The van der Waals surface area contributed by atoms with Crippen LogP contribution in [0.3, 0.4) is 0 Å². The van der Waals surface area contributed by atoms with Crippen molar-refractivity contribution in [1.82, 2.24) is 0 Å². The number of nitrogens with zero attached hydrogens (tertiary/aromatic N) is 1. The van der Waals surface area contributed by atoms with E-state index in [0.717, 1.165) is 27.8 Å². The topological polar surface area (TPSA) is 60.2 Å². The van der Waals surface area contributed by atoms with Crippen LogP contribution in [0, 0.1) is 16.0 Å². The lowest BCUT2D eigenvalue weighted by atomic mass is 9.95. The Morgan fingerprint density at radius 2 is 1.71 bits per heavy atom. The molecule has 0 unspecified atom stereocenters. The number of Topliss-reactive ketones (excluding diaryl/α,β-unsaturated/α-hetero) is 1. The van der Waals surface area contributed by atoms with E-state index in [0.29, 0.717) is 18.8 Å². The molecule has 0 aromatic heterocycles. The molecule has 1 fully saturated rings. The molecule has 2 aliphatic rings. The normalized spacial score (nSPS) is 16.0. The van der Waals surface area contributed by atoms with Crippen molar-refractivity contribution in [3.05, 3.63) is 63.2 Å². The first kappa shape index (κ1) is 15.1. The molecule has 0 amide bonds. The number of benzene rings is 2. The number of rotatable bonds is 4. The van der Waals surface area contributed by atoms with Gasteiger partial charge in [-0.15, -0.1) is 0 Å². The maximum atomic E-state index is 12.5. The van der Waals surface area contributed by atoms with Gasteiger partial charge in [0.1, 0.15) is 0 Å². The first-order chi connectivity index (χ1) is 11.6. The number of hydrogen-bond acceptors (Lipinski definition) is 3. The third-order valence-electron chi connectivity index (χ3n) is 5.35. The maximum Gasteiger partial charge on any atom is 0.269 e. The molecule has 2 aliphatic carbocycles. The van der Waals surface area contributed by atoms with Crippen LogP contribution in [0.25, 0.3) is 11.1 Å². The van der Waals surface area contributed by atoms with Gasteiger partial charge in [0.15, 0.2) is 5.78 Å². The lowest BCUT2D eigenvalue weighted by Crippen LogP contribution is -2.06. The summed E-state index contributed by atoms with van der Waals surface area (Å²) in [6.07, 6.45) is 6.15. The molecule has 24 heavy (non-hydrogen) atoms. The molecular weight excluding hydrogens is 302 g/mol. The summed E-state index contributed by atoms with van der Waals surface area (Å²) >= 11 is 0. The molecule has 4 heteroatoms. The van der Waals surface area contributed by atoms with Crippen molar-refractivity contribution in [2.24, 2.45) is 5.92 Å². The summed E-state index contributed by atoms with van der Waals surface area (Å²) in [4.78, 5) is 23.1. The van der Waals surface area contributed by atoms with Crippen molar-refractivity contribution in [3.63, 3.8) is 0 Å². The fraction of sp³-hybridized carbons (Fsp3) is 0.350. The molecule has 2 aromatic rings. The second-order valence-electron chi connectivity index (χ2n) is 6.93. The van der Waals surface area contributed by atoms with Crippen molar-refractivity contribution in [1.29, 1.82) is 0 Å². The molecule has 0 heterocycles. The molecule has 1 saturated carbocycles. The molecule has 0 aliphatic heterocycles. The van der Waals surface area contributed by atoms with Gasteiger partial charge >= 0.3 is 0 Å². The maximum absolute atomic E-state index is 12.5. The minimum atomic E-state index is -0.361. The first-order valence-electron chi connectivity index (χ1n) is 8.55. The summed E-state index contributed by atoms with van der Waals surface area (Å²) < 4.78 is 0. The van der Waals surface area contributed by atoms with Crippen LogP contribution in [-0.4, -0.2) is 10.7 Å². The molecule has 4 rings (SSSR count). The van der Waals surface area contributed by atoms with Crippen molar-refractivity contribution >= 4 is 11.5 Å². The van der Waals surface area contributed by atoms with E-state index in [1.807, 2.05) is 24.3 Å². The second-order valence-corrected chi connectivity index (χ2v) is 6.93. The van der Waals surface area contributed by atoms with Gasteiger partial charge in [-0.25, -0.2) is 0 Å². The summed E-state index contributed by atoms with van der Waals surface area (Å²) in [6.45, 7) is 0. The SMILES string of the molecule is O=C(CC1CCCC1)c1ccc2c(c1)Cc1cc([N+](=O)[O-])ccc1-2. The third-order valence-corrected chi connectivity index (χ3v) is 5.35. The molecule has 0 radical (unpaired) electrons. The standard InChI is InChI=1S/C20H19NO3/c22-20(9-13-3-1-2-4-13)14-5-7-18-15(10-14)11-16-12-17(21(23)24)6-8-19(16)18/h5-8,10,12-13H,1-4,9,11H2. The minimum Gasteiger partial charge on any atom is -0.294 e. The molecule has 0 saturated heterocycles. The van der Waals surface area contributed by atoms with Gasteiger partial charge in [-0.1, -0.05) is 37.8 Å². The van der Waals surface area contributed by atoms with Gasteiger partial charge in [0, 0.05) is 24.1 Å². The smallest absolute Gasteiger partial charge is 0.269 e. The number of nitro benzene ring substituents is 1. The van der Waals surface area contributed by atoms with Crippen LogP contribution < -0.4 is 0 Å². The van der Waals surface area contributed by atoms with Crippen molar-refractivity contribution < 1.29 is 9.72 Å². The lowest BCUT2D eigenvalue weighted by molar-refractivity contribution is -0.384. The molecular formula is C20H19NO3. The van der Waals surface area contributed by atoms with Crippen LogP contribution in [0.4, 0.5) is 5.69 Å². The Balaban J connectivity index is 1.59. The molecule has 4 nitrogen and oxygen atoms in total. The van der Waals surface area contributed by atoms with E-state index in [-0.39, 0.29) is 16.4 Å². The van der Waals surface area contributed by atoms with Crippen LogP contribution >= 0.6 is 0 Å². The Hall–Kier alpha value is -2.49. The van der Waals surface area contributed by atoms with Gasteiger partial charge in [-0.2, -0.15) is 0 Å². The van der Waals surface area contributed by atoms with Gasteiger partial charge in [0.25, 0.3) is 5.69 Å². The second kappa shape index (κ2) is 5.86. The van der Waals surface area contributed by atoms with Gasteiger partial charge in [-0.3, -0.25) is 14.9 Å². The Kier molecular flexibility index (Phi) is 3.68. The van der Waals surface area contributed by atoms with Crippen molar-refractivity contribution in [3.8, 4) is 11.1 Å². The Labute approximate surface area is 140 Å². The van der Waals surface area contributed by atoms with Crippen LogP contribution in [0.5, 0.6) is 0 Å². The van der Waals surface area contributed by atoms with Gasteiger partial charge < -0.3 is 0 Å². The van der Waals surface area contributed by atoms with E-state index in [1.165, 1.54) is 25.7 Å². The highest BCUT2D eigenvalue weighted by Gasteiger charge is 2.24. The third kappa shape index (κ3) is 2.62. The van der Waals surface area contributed by atoms with Crippen LogP contribution in [0.15, 0.2) is 36.4 Å². The van der Waals surface area contributed by atoms with E-state index in [9.17, 15) is 14.9 Å². The zero-order valence-electron chi connectivity index (χ0n) is 13.5. The summed E-state index contributed by atoms with van der Waals surface area (Å²) in [5.41, 5.74) is 5.12. The molecule has 0 N–H and O–H groups in total. The van der Waals surface area contributed by atoms with E-state index in [2.05, 4.69) is 0 Å². The predicted molar refractivity (Wildman–Crippen MR) is 92.2 cm³/mol. The molecule has 0 atom stereocenters. The first-order valence-corrected chi connectivity index (χ1v) is 8.55.